The van der Waals surface area contributed by atoms with Crippen LogP contribution < -0.4 is 0 Å². The topological polar surface area (TPSA) is 35.0 Å². The van der Waals surface area contributed by atoms with Crippen LogP contribution in [0.4, 0.5) is 0 Å². The van der Waals surface area contributed by atoms with E-state index in [0.29, 0.717) is 0 Å². The van der Waals surface area contributed by atoms with Crippen molar-refractivity contribution in [2.24, 2.45) is 0 Å². The minimum Gasteiger partial charge on any atom is -0.504 e. The summed E-state index contributed by atoms with van der Waals surface area (Å²) in [4.78, 5) is 8.02. The van der Waals surface area contributed by atoms with E-state index in [1.807, 2.05) is 6.92 Å². The molecule has 0 saturated heterocycles. The van der Waals surface area contributed by atoms with Gasteiger partial charge in [-0.15, -0.1) is 0 Å². The van der Waals surface area contributed by atoms with Gasteiger partial charge < -0.3 is 4.74 Å². The largest absolute Gasteiger partial charge is 0.504 e. The van der Waals surface area contributed by atoms with E-state index in [1.165, 1.54) is 0 Å². The standard InChI is InChI=1S/C8H10N2O/c1-7(6-11-2)8-5-9-3-4-10-8/h3-6H,1-2H3. The van der Waals surface area contributed by atoms with Crippen LogP contribution in [0, 0.1) is 0 Å². The summed E-state index contributed by atoms with van der Waals surface area (Å²) in [5.41, 5.74) is 1.81. The van der Waals surface area contributed by atoms with Crippen molar-refractivity contribution in [2.45, 2.75) is 6.92 Å². The van der Waals surface area contributed by atoms with E-state index in [9.17, 15) is 0 Å². The lowest BCUT2D eigenvalue weighted by atomic mass is 10.2. The summed E-state index contributed by atoms with van der Waals surface area (Å²) in [5.74, 6) is 0. The number of methoxy groups -OCH3 is 1. The predicted molar refractivity (Wildman–Crippen MR) is 42.7 cm³/mol. The highest BCUT2D eigenvalue weighted by Crippen LogP contribution is 2.07. The van der Waals surface area contributed by atoms with Gasteiger partial charge in [0, 0.05) is 18.0 Å². The van der Waals surface area contributed by atoms with Gasteiger partial charge in [-0.05, 0) is 6.92 Å². The summed E-state index contributed by atoms with van der Waals surface area (Å²) in [7, 11) is 1.61. The molecule has 3 heteroatoms. The molecule has 0 spiro atoms. The fraction of sp³-hybridized carbons (Fsp3) is 0.250. The van der Waals surface area contributed by atoms with Gasteiger partial charge in [0.15, 0.2) is 0 Å². The Hall–Kier alpha value is -1.38. The molecule has 1 rings (SSSR count). The molecule has 1 aromatic heterocycles. The molecule has 0 aliphatic rings. The van der Waals surface area contributed by atoms with E-state index in [2.05, 4.69) is 9.97 Å². The highest BCUT2D eigenvalue weighted by molar-refractivity contribution is 5.57. The summed E-state index contributed by atoms with van der Waals surface area (Å²) < 4.78 is 4.83. The molecular formula is C8H10N2O. The van der Waals surface area contributed by atoms with E-state index in [-0.39, 0.29) is 0 Å². The molecule has 0 radical (unpaired) electrons. The molecule has 58 valence electrons. The monoisotopic (exact) mass is 150 g/mol. The summed E-state index contributed by atoms with van der Waals surface area (Å²) >= 11 is 0. The van der Waals surface area contributed by atoms with Gasteiger partial charge in [-0.25, -0.2) is 0 Å². The Morgan fingerprint density at radius 1 is 1.55 bits per heavy atom. The van der Waals surface area contributed by atoms with Crippen molar-refractivity contribution in [3.8, 4) is 0 Å². The van der Waals surface area contributed by atoms with Crippen molar-refractivity contribution in [3.05, 3.63) is 30.5 Å². The smallest absolute Gasteiger partial charge is 0.0875 e. The molecule has 1 aromatic rings. The van der Waals surface area contributed by atoms with Crippen LogP contribution in [0.5, 0.6) is 0 Å². The highest BCUT2D eigenvalue weighted by atomic mass is 16.5. The van der Waals surface area contributed by atoms with E-state index >= 15 is 0 Å². The number of hydrogen-bond donors (Lipinski definition) is 0. The summed E-state index contributed by atoms with van der Waals surface area (Å²) in [6, 6.07) is 0. The molecule has 0 fully saturated rings. The Labute approximate surface area is 65.8 Å². The van der Waals surface area contributed by atoms with Crippen LogP contribution >= 0.6 is 0 Å². The number of allylic oxidation sites excluding steroid dienone is 1. The van der Waals surface area contributed by atoms with Gasteiger partial charge in [-0.3, -0.25) is 9.97 Å². The predicted octanol–water partition coefficient (Wildman–Crippen LogP) is 1.48. The lowest BCUT2D eigenvalue weighted by Gasteiger charge is -1.97. The Morgan fingerprint density at radius 2 is 2.36 bits per heavy atom. The van der Waals surface area contributed by atoms with Crippen molar-refractivity contribution < 1.29 is 4.74 Å². The zero-order valence-electron chi connectivity index (χ0n) is 6.61. The Bertz CT molecular complexity index is 244. The number of aromatic nitrogens is 2. The lowest BCUT2D eigenvalue weighted by Crippen LogP contribution is -1.86. The van der Waals surface area contributed by atoms with Crippen LogP contribution in [-0.4, -0.2) is 17.1 Å². The average molecular weight is 150 g/mol. The first kappa shape index (κ1) is 7.72. The van der Waals surface area contributed by atoms with Crippen molar-refractivity contribution in [3.63, 3.8) is 0 Å². The fourth-order valence-corrected chi connectivity index (χ4v) is 0.740. The Kier molecular flexibility index (Phi) is 2.60. The van der Waals surface area contributed by atoms with E-state index in [0.717, 1.165) is 11.3 Å². The molecule has 0 saturated carbocycles. The molecular weight excluding hydrogens is 140 g/mol. The maximum Gasteiger partial charge on any atom is 0.0875 e. The van der Waals surface area contributed by atoms with Crippen LogP contribution in [0.2, 0.25) is 0 Å². The van der Waals surface area contributed by atoms with Gasteiger partial charge in [0.25, 0.3) is 0 Å². The van der Waals surface area contributed by atoms with Crippen molar-refractivity contribution >= 4 is 5.57 Å². The molecule has 1 heterocycles. The molecule has 0 amide bonds. The third-order valence-corrected chi connectivity index (χ3v) is 1.26. The number of ether oxygens (including phenoxy) is 1. The number of nitrogens with zero attached hydrogens (tertiary/aromatic N) is 2. The van der Waals surface area contributed by atoms with Gasteiger partial charge >= 0.3 is 0 Å². The molecule has 0 bridgehead atoms. The third-order valence-electron chi connectivity index (χ3n) is 1.26. The molecule has 0 N–H and O–H groups in total. The normalized spacial score (nSPS) is 11.3. The Morgan fingerprint density at radius 3 is 2.91 bits per heavy atom. The van der Waals surface area contributed by atoms with Crippen LogP contribution in [0.1, 0.15) is 12.6 Å². The maximum absolute atomic E-state index is 4.83. The molecule has 0 aliphatic heterocycles. The van der Waals surface area contributed by atoms with Gasteiger partial charge in [-0.1, -0.05) is 0 Å². The van der Waals surface area contributed by atoms with E-state index < -0.39 is 0 Å². The maximum atomic E-state index is 4.83. The van der Waals surface area contributed by atoms with E-state index in [1.54, 1.807) is 32.0 Å². The zero-order chi connectivity index (χ0) is 8.10. The second-order valence-electron chi connectivity index (χ2n) is 2.13. The van der Waals surface area contributed by atoms with Gasteiger partial charge in [0.1, 0.15) is 0 Å². The third kappa shape index (κ3) is 2.04. The highest BCUT2D eigenvalue weighted by Gasteiger charge is 1.94. The number of rotatable bonds is 2. The molecule has 0 aliphatic carbocycles. The quantitative estimate of drug-likeness (QED) is 0.599. The van der Waals surface area contributed by atoms with Crippen molar-refractivity contribution in [1.29, 1.82) is 0 Å². The second kappa shape index (κ2) is 3.71. The summed E-state index contributed by atoms with van der Waals surface area (Å²) in [6.45, 7) is 1.92. The average Bonchev–Trinajstić information content (AvgIpc) is 2.07. The van der Waals surface area contributed by atoms with Gasteiger partial charge in [0.05, 0.1) is 25.3 Å². The van der Waals surface area contributed by atoms with Gasteiger partial charge in [-0.2, -0.15) is 0 Å². The first-order chi connectivity index (χ1) is 5.34. The fourth-order valence-electron chi connectivity index (χ4n) is 0.740. The lowest BCUT2D eigenvalue weighted by molar-refractivity contribution is 0.339. The van der Waals surface area contributed by atoms with Crippen molar-refractivity contribution in [1.82, 2.24) is 9.97 Å². The molecule has 0 atom stereocenters. The Balaban J connectivity index is 2.85. The van der Waals surface area contributed by atoms with Gasteiger partial charge in [0.2, 0.25) is 0 Å². The first-order valence-electron chi connectivity index (χ1n) is 3.30. The van der Waals surface area contributed by atoms with Crippen LogP contribution in [0.3, 0.4) is 0 Å². The molecule has 3 nitrogen and oxygen atoms in total. The molecule has 0 aromatic carbocycles. The van der Waals surface area contributed by atoms with Crippen LogP contribution in [-0.2, 0) is 4.74 Å². The summed E-state index contributed by atoms with van der Waals surface area (Å²) in [6.07, 6.45) is 6.64. The minimum absolute atomic E-state index is 0.842. The number of hydrogen-bond acceptors (Lipinski definition) is 3. The molecule has 0 unspecified atom stereocenters. The minimum atomic E-state index is 0.842. The SMILES string of the molecule is COC=C(C)c1cnccn1. The van der Waals surface area contributed by atoms with E-state index in [4.69, 9.17) is 4.74 Å². The molecule has 11 heavy (non-hydrogen) atoms. The second-order valence-corrected chi connectivity index (χ2v) is 2.13. The van der Waals surface area contributed by atoms with Crippen LogP contribution in [0.15, 0.2) is 24.9 Å². The zero-order valence-corrected chi connectivity index (χ0v) is 6.61. The van der Waals surface area contributed by atoms with Crippen molar-refractivity contribution in [2.75, 3.05) is 7.11 Å². The van der Waals surface area contributed by atoms with Crippen LogP contribution in [0.25, 0.3) is 5.57 Å². The summed E-state index contributed by atoms with van der Waals surface area (Å²) in [5, 5.41) is 0. The first-order valence-corrected chi connectivity index (χ1v) is 3.30.